The lowest BCUT2D eigenvalue weighted by Crippen LogP contribution is -2.41. The normalized spacial score (nSPS) is 15.2. The number of benzene rings is 3. The second-order valence-corrected chi connectivity index (χ2v) is 14.9. The fraction of sp³-hybridized carbons (Fsp3) is 0.409. The van der Waals surface area contributed by atoms with Gasteiger partial charge in [-0.3, -0.25) is 9.79 Å². The van der Waals surface area contributed by atoms with Gasteiger partial charge in [-0.2, -0.15) is 0 Å². The van der Waals surface area contributed by atoms with E-state index in [1.165, 1.54) is 37.7 Å². The van der Waals surface area contributed by atoms with Gasteiger partial charge in [0.25, 0.3) is 5.91 Å². The van der Waals surface area contributed by atoms with Gasteiger partial charge in [0.1, 0.15) is 5.75 Å². The van der Waals surface area contributed by atoms with Crippen LogP contribution in [0.5, 0.6) is 5.75 Å². The van der Waals surface area contributed by atoms with Crippen molar-refractivity contribution in [3.8, 4) is 28.3 Å². The Hall–Kier alpha value is -4.62. The third-order valence-electron chi connectivity index (χ3n) is 9.98. The van der Waals surface area contributed by atoms with Gasteiger partial charge in [-0.1, -0.05) is 107 Å². The molecule has 5 rings (SSSR count). The van der Waals surface area contributed by atoms with E-state index in [2.05, 4.69) is 54.8 Å². The van der Waals surface area contributed by atoms with E-state index in [-0.39, 0.29) is 29.9 Å². The summed E-state index contributed by atoms with van der Waals surface area (Å²) in [5, 5.41) is 12.8. The number of aliphatic hydroxyl groups excluding tert-OH is 1. The summed E-state index contributed by atoms with van der Waals surface area (Å²) in [6.07, 6.45) is 13.9. The number of nitrogens with zero attached hydrogens (tertiary/aromatic N) is 3. The number of amides is 1. The van der Waals surface area contributed by atoms with Crippen LogP contribution in [0.2, 0.25) is 0 Å². The first-order valence-electron chi connectivity index (χ1n) is 18.4. The van der Waals surface area contributed by atoms with Crippen LogP contribution in [0.3, 0.4) is 0 Å². The molecular formula is C44H54N4O3. The molecule has 1 aliphatic rings. The molecule has 0 saturated heterocycles. The van der Waals surface area contributed by atoms with E-state index in [1.807, 2.05) is 80.0 Å². The van der Waals surface area contributed by atoms with Crippen molar-refractivity contribution in [3.63, 3.8) is 0 Å². The van der Waals surface area contributed by atoms with Crippen LogP contribution in [0.25, 0.3) is 22.5 Å². The smallest absolute Gasteiger partial charge is 0.251 e. The molecule has 7 heteroatoms. The highest BCUT2D eigenvalue weighted by Gasteiger charge is 2.20. The highest BCUT2D eigenvalue weighted by atomic mass is 16.5. The number of rotatable bonds is 15. The largest absolute Gasteiger partial charge is 0.494 e. The van der Waals surface area contributed by atoms with Crippen molar-refractivity contribution in [2.45, 2.75) is 84.1 Å². The molecule has 2 N–H and O–H groups in total. The van der Waals surface area contributed by atoms with Gasteiger partial charge >= 0.3 is 0 Å². The van der Waals surface area contributed by atoms with E-state index in [1.54, 1.807) is 6.08 Å². The quantitative estimate of drug-likeness (QED) is 0.0961. The molecule has 1 amide bonds. The molecule has 7 nitrogen and oxygen atoms in total. The van der Waals surface area contributed by atoms with Gasteiger partial charge in [0.05, 0.1) is 19.3 Å². The van der Waals surface area contributed by atoms with Crippen molar-refractivity contribution in [2.75, 3.05) is 19.8 Å². The molecule has 268 valence electrons. The second kappa shape index (κ2) is 18.0. The molecule has 0 aliphatic heterocycles. The molecule has 0 spiro atoms. The molecule has 3 aromatic carbocycles. The Labute approximate surface area is 304 Å². The fourth-order valence-electron chi connectivity index (χ4n) is 6.46. The van der Waals surface area contributed by atoms with E-state index >= 15 is 0 Å². The van der Waals surface area contributed by atoms with Crippen LogP contribution in [0.15, 0.2) is 103 Å². The summed E-state index contributed by atoms with van der Waals surface area (Å²) in [5.74, 6) is 2.07. The van der Waals surface area contributed by atoms with E-state index in [4.69, 9.17) is 9.73 Å². The third kappa shape index (κ3) is 10.9. The molecule has 1 aromatic heterocycles. The number of carbonyl (C=O) groups is 1. The topological polar surface area (TPSA) is 96.7 Å². The van der Waals surface area contributed by atoms with Gasteiger partial charge in [-0.25, -0.2) is 9.97 Å². The predicted molar refractivity (Wildman–Crippen MR) is 208 cm³/mol. The number of ether oxygens (including phenoxy) is 1. The number of aliphatic hydroxyl groups is 1. The molecule has 51 heavy (non-hydrogen) atoms. The maximum absolute atomic E-state index is 13.4. The Morgan fingerprint density at radius 3 is 2.20 bits per heavy atom. The highest BCUT2D eigenvalue weighted by molar-refractivity contribution is 5.99. The fourth-order valence-corrected chi connectivity index (χ4v) is 6.46. The van der Waals surface area contributed by atoms with Gasteiger partial charge in [-0.15, -0.1) is 6.58 Å². The van der Waals surface area contributed by atoms with Gasteiger partial charge in [-0.05, 0) is 72.1 Å². The lowest BCUT2D eigenvalue weighted by Gasteiger charge is -2.21. The van der Waals surface area contributed by atoms with E-state index in [0.717, 1.165) is 52.7 Å². The zero-order valence-corrected chi connectivity index (χ0v) is 30.8. The molecule has 4 aromatic rings. The van der Waals surface area contributed by atoms with Crippen LogP contribution < -0.4 is 10.1 Å². The molecule has 2 unspecified atom stereocenters. The van der Waals surface area contributed by atoms with Crippen LogP contribution in [0, 0.1) is 11.8 Å². The van der Waals surface area contributed by atoms with E-state index in [9.17, 15) is 9.90 Å². The van der Waals surface area contributed by atoms with Crippen LogP contribution in [-0.4, -0.2) is 52.5 Å². The number of carbonyl (C=O) groups excluding carboxylic acids is 1. The summed E-state index contributed by atoms with van der Waals surface area (Å²) in [7, 11) is 0. The first-order chi connectivity index (χ1) is 24.6. The van der Waals surface area contributed by atoms with Crippen molar-refractivity contribution in [1.82, 2.24) is 15.3 Å². The summed E-state index contributed by atoms with van der Waals surface area (Å²) in [6, 6.07) is 23.7. The summed E-state index contributed by atoms with van der Waals surface area (Å²) in [5.41, 5.74) is 6.52. The number of hydrogen-bond donors (Lipinski definition) is 2. The Balaban J connectivity index is 1.22. The minimum absolute atomic E-state index is 0.00356. The number of aromatic nitrogens is 2. The Morgan fingerprint density at radius 1 is 0.941 bits per heavy atom. The zero-order chi connectivity index (χ0) is 36.2. The minimum Gasteiger partial charge on any atom is -0.494 e. The van der Waals surface area contributed by atoms with Crippen LogP contribution >= 0.6 is 0 Å². The third-order valence-corrected chi connectivity index (χ3v) is 9.98. The van der Waals surface area contributed by atoms with Gasteiger partial charge in [0.2, 0.25) is 0 Å². The van der Waals surface area contributed by atoms with Crippen LogP contribution in [-0.2, 0) is 11.8 Å². The first-order valence-corrected chi connectivity index (χ1v) is 18.4. The maximum Gasteiger partial charge on any atom is 0.251 e. The minimum atomic E-state index is -0.334. The van der Waals surface area contributed by atoms with E-state index in [0.29, 0.717) is 24.4 Å². The monoisotopic (exact) mass is 686 g/mol. The van der Waals surface area contributed by atoms with Gasteiger partial charge < -0.3 is 15.2 Å². The van der Waals surface area contributed by atoms with E-state index < -0.39 is 0 Å². The molecule has 1 fully saturated rings. The standard InChI is InChI=1S/C44H54N4O3/c1-6-32(30-49)27-45-31(2)41(48-43(50)37-16-20-39(21-17-37)44(3,4)5)26-34-12-14-36(15-13-34)42-46-28-38(29-47-42)35-18-22-40(23-19-35)51-25-24-33-10-8-7-9-11-33/h6,12-23,28-29,32-33,41,49H,1,7-11,24-27,30H2,2-5H3,(H,48,50). The lowest BCUT2D eigenvalue weighted by molar-refractivity contribution is 0.0946. The highest BCUT2D eigenvalue weighted by Crippen LogP contribution is 2.28. The first kappa shape index (κ1) is 37.6. The van der Waals surface area contributed by atoms with Gasteiger partial charge in [0, 0.05) is 47.3 Å². The zero-order valence-electron chi connectivity index (χ0n) is 30.8. The molecular weight excluding hydrogens is 633 g/mol. The average molecular weight is 687 g/mol. The van der Waals surface area contributed by atoms with Crippen molar-refractivity contribution in [2.24, 2.45) is 16.8 Å². The van der Waals surface area contributed by atoms with Crippen LogP contribution in [0.1, 0.15) is 87.7 Å². The number of aliphatic imine (C=N–C) groups is 1. The predicted octanol–water partition coefficient (Wildman–Crippen LogP) is 9.05. The van der Waals surface area contributed by atoms with Crippen molar-refractivity contribution in [3.05, 3.63) is 115 Å². The van der Waals surface area contributed by atoms with Crippen molar-refractivity contribution < 1.29 is 14.6 Å². The number of hydrogen-bond acceptors (Lipinski definition) is 6. The van der Waals surface area contributed by atoms with Gasteiger partial charge in [0.15, 0.2) is 5.82 Å². The number of nitrogens with one attached hydrogen (secondary N) is 1. The Kier molecular flexibility index (Phi) is 13.3. The molecule has 0 bridgehead atoms. The molecule has 1 heterocycles. The Bertz CT molecular complexity index is 1720. The molecule has 0 radical (unpaired) electrons. The summed E-state index contributed by atoms with van der Waals surface area (Å²) in [4.78, 5) is 27.5. The van der Waals surface area contributed by atoms with Crippen molar-refractivity contribution >= 4 is 11.6 Å². The Morgan fingerprint density at radius 2 is 1.59 bits per heavy atom. The summed E-state index contributed by atoms with van der Waals surface area (Å²) in [6.45, 7) is 13.3. The summed E-state index contributed by atoms with van der Waals surface area (Å²) < 4.78 is 6.04. The average Bonchev–Trinajstić information content (AvgIpc) is 3.15. The SMILES string of the molecule is C=CC(CO)CN=C(C)C(Cc1ccc(-c2ncc(-c3ccc(OCCC4CCCCC4)cc3)cn2)cc1)NC(=O)c1ccc(C(C)(C)C)cc1. The molecule has 2 atom stereocenters. The second-order valence-electron chi connectivity index (χ2n) is 14.9. The summed E-state index contributed by atoms with van der Waals surface area (Å²) >= 11 is 0. The van der Waals surface area contributed by atoms with Crippen molar-refractivity contribution in [1.29, 1.82) is 0 Å². The molecule has 1 saturated carbocycles. The maximum atomic E-state index is 13.4. The molecule has 1 aliphatic carbocycles. The lowest BCUT2D eigenvalue weighted by atomic mass is 9.86. The van der Waals surface area contributed by atoms with Crippen LogP contribution in [0.4, 0.5) is 0 Å².